The molecule has 1 aromatic carbocycles. The molecule has 0 unspecified atom stereocenters. The van der Waals surface area contributed by atoms with Gasteiger partial charge < -0.3 is 4.74 Å². The predicted molar refractivity (Wildman–Crippen MR) is 60.5 cm³/mol. The second-order valence-corrected chi connectivity index (χ2v) is 5.43. The number of halogens is 3. The van der Waals surface area contributed by atoms with Crippen LogP contribution in [0.2, 0.25) is 0 Å². The molecule has 0 amide bonds. The van der Waals surface area contributed by atoms with Gasteiger partial charge in [0.1, 0.15) is 5.75 Å². The van der Waals surface area contributed by atoms with E-state index in [4.69, 9.17) is 9.88 Å². The van der Waals surface area contributed by atoms with E-state index in [1.807, 2.05) is 0 Å². The van der Waals surface area contributed by atoms with E-state index in [0.29, 0.717) is 12.0 Å². The third kappa shape index (κ3) is 3.37. The highest BCUT2D eigenvalue weighted by atomic mass is 32.2. The van der Waals surface area contributed by atoms with Gasteiger partial charge in [-0.3, -0.25) is 0 Å². The molecule has 1 aromatic rings. The van der Waals surface area contributed by atoms with Gasteiger partial charge in [0, 0.05) is 12.0 Å². The molecule has 1 atom stereocenters. The van der Waals surface area contributed by atoms with Crippen molar-refractivity contribution >= 4 is 10.2 Å². The molecule has 9 heteroatoms. The zero-order valence-electron chi connectivity index (χ0n) is 9.57. The Morgan fingerprint density at radius 1 is 1.37 bits per heavy atom. The van der Waals surface area contributed by atoms with Crippen molar-refractivity contribution in [3.05, 3.63) is 29.3 Å². The average molecular weight is 296 g/mol. The molecule has 0 fully saturated rings. The summed E-state index contributed by atoms with van der Waals surface area (Å²) in [4.78, 5) is 0. The molecule has 106 valence electrons. The van der Waals surface area contributed by atoms with E-state index in [1.54, 1.807) is 0 Å². The van der Waals surface area contributed by atoms with Crippen molar-refractivity contribution in [2.24, 2.45) is 5.14 Å². The third-order valence-electron chi connectivity index (χ3n) is 2.69. The molecule has 0 aromatic heterocycles. The summed E-state index contributed by atoms with van der Waals surface area (Å²) >= 11 is 0. The van der Waals surface area contributed by atoms with E-state index >= 15 is 0 Å². The lowest BCUT2D eigenvalue weighted by Crippen LogP contribution is -2.36. The molecule has 0 radical (unpaired) electrons. The summed E-state index contributed by atoms with van der Waals surface area (Å²) < 4.78 is 66.9. The van der Waals surface area contributed by atoms with Crippen LogP contribution in [0.15, 0.2) is 18.2 Å². The number of rotatable bonds is 2. The highest BCUT2D eigenvalue weighted by molar-refractivity contribution is 7.87. The number of nitrogens with two attached hydrogens (primary N) is 1. The predicted octanol–water partition coefficient (Wildman–Crippen LogP) is 1.32. The molecular weight excluding hydrogens is 285 g/mol. The van der Waals surface area contributed by atoms with Crippen molar-refractivity contribution < 1.29 is 26.3 Å². The first-order valence-electron chi connectivity index (χ1n) is 5.31. The van der Waals surface area contributed by atoms with Crippen LogP contribution in [0, 0.1) is 0 Å². The second kappa shape index (κ2) is 4.66. The van der Waals surface area contributed by atoms with Gasteiger partial charge in [-0.1, -0.05) is 6.07 Å². The van der Waals surface area contributed by atoms with Crippen LogP contribution in [0.1, 0.15) is 23.6 Å². The summed E-state index contributed by atoms with van der Waals surface area (Å²) in [6.45, 7) is 0.113. The van der Waals surface area contributed by atoms with Gasteiger partial charge in [-0.05, 0) is 12.1 Å². The van der Waals surface area contributed by atoms with Crippen LogP contribution < -0.4 is 14.6 Å². The molecule has 1 aliphatic heterocycles. The number of alkyl halides is 3. The fraction of sp³-hybridized carbons (Fsp3) is 0.400. The average Bonchev–Trinajstić information content (AvgIpc) is 2.25. The molecule has 19 heavy (non-hydrogen) atoms. The smallest absolute Gasteiger partial charge is 0.416 e. The van der Waals surface area contributed by atoms with Gasteiger partial charge in [0.25, 0.3) is 10.2 Å². The van der Waals surface area contributed by atoms with Crippen molar-refractivity contribution in [2.75, 3.05) is 6.61 Å². The maximum Gasteiger partial charge on any atom is 0.416 e. The van der Waals surface area contributed by atoms with E-state index in [9.17, 15) is 21.6 Å². The minimum absolute atomic E-state index is 0.0159. The fourth-order valence-electron chi connectivity index (χ4n) is 1.89. The molecule has 0 spiro atoms. The number of hydrogen-bond acceptors (Lipinski definition) is 3. The normalized spacial score (nSPS) is 19.7. The molecule has 0 aliphatic carbocycles. The summed E-state index contributed by atoms with van der Waals surface area (Å²) in [6.07, 6.45) is -4.17. The quantitative estimate of drug-likeness (QED) is 0.863. The van der Waals surface area contributed by atoms with E-state index in [2.05, 4.69) is 4.72 Å². The van der Waals surface area contributed by atoms with Gasteiger partial charge in [-0.2, -0.15) is 26.3 Å². The van der Waals surface area contributed by atoms with Crippen molar-refractivity contribution in [3.63, 3.8) is 0 Å². The van der Waals surface area contributed by atoms with Crippen LogP contribution in [-0.2, 0) is 16.4 Å². The Hall–Kier alpha value is -1.32. The second-order valence-electron chi connectivity index (χ2n) is 4.10. The number of benzene rings is 1. The van der Waals surface area contributed by atoms with E-state index < -0.39 is 28.0 Å². The highest BCUT2D eigenvalue weighted by Gasteiger charge is 2.33. The Balaban J connectivity index is 2.36. The Morgan fingerprint density at radius 2 is 2.05 bits per heavy atom. The Kier molecular flexibility index (Phi) is 3.45. The fourth-order valence-corrected chi connectivity index (χ4v) is 2.53. The number of hydrogen-bond donors (Lipinski definition) is 2. The SMILES string of the molecule is NS(=O)(=O)N[C@@H]1CCOc2cc(C(F)(F)F)ccc21. The molecule has 1 aliphatic rings. The Morgan fingerprint density at radius 3 is 2.63 bits per heavy atom. The van der Waals surface area contributed by atoms with Crippen LogP contribution in [0.25, 0.3) is 0 Å². The van der Waals surface area contributed by atoms with Crippen molar-refractivity contribution in [1.29, 1.82) is 0 Å². The minimum atomic E-state index is -4.47. The molecule has 0 saturated heterocycles. The third-order valence-corrected chi connectivity index (χ3v) is 3.30. The van der Waals surface area contributed by atoms with Crippen molar-refractivity contribution in [2.45, 2.75) is 18.6 Å². The van der Waals surface area contributed by atoms with Gasteiger partial charge in [0.2, 0.25) is 0 Å². The topological polar surface area (TPSA) is 81.4 Å². The molecule has 0 bridgehead atoms. The van der Waals surface area contributed by atoms with Crippen LogP contribution in [0.3, 0.4) is 0 Å². The first-order valence-corrected chi connectivity index (χ1v) is 6.85. The van der Waals surface area contributed by atoms with Gasteiger partial charge in [0.15, 0.2) is 0 Å². The molecule has 0 saturated carbocycles. The largest absolute Gasteiger partial charge is 0.493 e. The van der Waals surface area contributed by atoms with Crippen LogP contribution in [0.4, 0.5) is 13.2 Å². The summed E-state index contributed by atoms with van der Waals surface area (Å²) in [6, 6.07) is 2.25. The summed E-state index contributed by atoms with van der Waals surface area (Å²) in [5, 5.41) is 4.86. The standard InChI is InChI=1S/C10H11F3N2O3S/c11-10(12,13)6-1-2-7-8(15-19(14,16)17)3-4-18-9(7)5-6/h1-2,5,8,15H,3-4H2,(H2,14,16,17)/t8-/m1/s1. The van der Waals surface area contributed by atoms with E-state index in [0.717, 1.165) is 12.1 Å². The molecule has 3 N–H and O–H groups in total. The van der Waals surface area contributed by atoms with Gasteiger partial charge in [0.05, 0.1) is 18.2 Å². The number of ether oxygens (including phenoxy) is 1. The lowest BCUT2D eigenvalue weighted by atomic mass is 9.99. The number of fused-ring (bicyclic) bond motifs is 1. The van der Waals surface area contributed by atoms with Crippen molar-refractivity contribution in [3.8, 4) is 5.75 Å². The first kappa shape index (κ1) is 14.1. The van der Waals surface area contributed by atoms with Gasteiger partial charge in [-0.15, -0.1) is 0 Å². The van der Waals surface area contributed by atoms with Gasteiger partial charge >= 0.3 is 6.18 Å². The Labute approximate surface area is 107 Å². The molecule has 5 nitrogen and oxygen atoms in total. The zero-order valence-corrected chi connectivity index (χ0v) is 10.4. The molecule has 2 rings (SSSR count). The van der Waals surface area contributed by atoms with Crippen LogP contribution in [-0.4, -0.2) is 15.0 Å². The summed E-state index contributed by atoms with van der Waals surface area (Å²) in [7, 11) is -3.93. The summed E-state index contributed by atoms with van der Waals surface area (Å²) in [5.41, 5.74) is -0.504. The molecule has 1 heterocycles. The lowest BCUT2D eigenvalue weighted by Gasteiger charge is -2.26. The minimum Gasteiger partial charge on any atom is -0.493 e. The van der Waals surface area contributed by atoms with Gasteiger partial charge in [-0.25, -0.2) is 5.14 Å². The number of nitrogens with one attached hydrogen (secondary N) is 1. The lowest BCUT2D eigenvalue weighted by molar-refractivity contribution is -0.137. The first-order chi connectivity index (χ1) is 8.67. The maximum atomic E-state index is 12.5. The Bertz CT molecular complexity index is 586. The molecular formula is C10H11F3N2O3S. The monoisotopic (exact) mass is 296 g/mol. The summed E-state index contributed by atoms with van der Waals surface area (Å²) in [5.74, 6) is 0.0159. The van der Waals surface area contributed by atoms with E-state index in [-0.39, 0.29) is 12.4 Å². The maximum absolute atomic E-state index is 12.5. The van der Waals surface area contributed by atoms with E-state index in [1.165, 1.54) is 6.07 Å². The van der Waals surface area contributed by atoms with Crippen LogP contribution >= 0.6 is 0 Å². The zero-order chi connectivity index (χ0) is 14.3. The van der Waals surface area contributed by atoms with Crippen LogP contribution in [0.5, 0.6) is 5.75 Å². The van der Waals surface area contributed by atoms with Crippen molar-refractivity contribution in [1.82, 2.24) is 4.72 Å². The highest BCUT2D eigenvalue weighted by Crippen LogP contribution is 2.37.